The van der Waals surface area contributed by atoms with E-state index in [-0.39, 0.29) is 6.04 Å². The van der Waals surface area contributed by atoms with Gasteiger partial charge in [0.2, 0.25) is 0 Å². The highest BCUT2D eigenvalue weighted by Gasteiger charge is 2.24. The third-order valence-electron chi connectivity index (χ3n) is 2.56. The van der Waals surface area contributed by atoms with Crippen LogP contribution in [0.5, 0.6) is 5.75 Å². The number of halogens is 1. The molecule has 2 nitrogen and oxygen atoms in total. The predicted molar refractivity (Wildman–Crippen MR) is 55.9 cm³/mol. The summed E-state index contributed by atoms with van der Waals surface area (Å²) < 4.78 is 6.39. The smallest absolute Gasteiger partial charge is 0.122 e. The number of fused-ring (bicyclic) bond motifs is 1. The van der Waals surface area contributed by atoms with Gasteiger partial charge in [-0.15, -0.1) is 0 Å². The summed E-state index contributed by atoms with van der Waals surface area (Å²) in [5.74, 6) is 0.964. The predicted octanol–water partition coefficient (Wildman–Crippen LogP) is 2.40. The van der Waals surface area contributed by atoms with Gasteiger partial charge in [0.1, 0.15) is 5.75 Å². The zero-order valence-corrected chi connectivity index (χ0v) is 9.10. The number of nitrogens with two attached hydrogens (primary N) is 1. The topological polar surface area (TPSA) is 35.2 Å². The van der Waals surface area contributed by atoms with Gasteiger partial charge in [0, 0.05) is 16.1 Å². The Morgan fingerprint density at radius 1 is 1.54 bits per heavy atom. The maximum absolute atomic E-state index is 5.99. The largest absolute Gasteiger partial charge is 0.496 e. The summed E-state index contributed by atoms with van der Waals surface area (Å²) in [5.41, 5.74) is 8.47. The lowest BCUT2D eigenvalue weighted by molar-refractivity contribution is 0.410. The zero-order valence-electron chi connectivity index (χ0n) is 7.51. The molecule has 1 atom stereocenters. The number of hydrogen-bond acceptors (Lipinski definition) is 2. The second-order valence-electron chi connectivity index (χ2n) is 3.29. The van der Waals surface area contributed by atoms with Gasteiger partial charge in [0.25, 0.3) is 0 Å². The fourth-order valence-electron chi connectivity index (χ4n) is 1.91. The molecule has 1 unspecified atom stereocenters. The van der Waals surface area contributed by atoms with Gasteiger partial charge in [-0.3, -0.25) is 0 Å². The average molecular weight is 242 g/mol. The van der Waals surface area contributed by atoms with Crippen molar-refractivity contribution in [2.24, 2.45) is 5.73 Å². The molecular formula is C10H12BrNO. The fourth-order valence-corrected chi connectivity index (χ4v) is 2.58. The van der Waals surface area contributed by atoms with E-state index in [2.05, 4.69) is 15.9 Å². The van der Waals surface area contributed by atoms with E-state index < -0.39 is 0 Å². The summed E-state index contributed by atoms with van der Waals surface area (Å²) in [6.45, 7) is 0. The molecule has 2 N–H and O–H groups in total. The molecule has 2 rings (SSSR count). The second-order valence-corrected chi connectivity index (χ2v) is 4.14. The van der Waals surface area contributed by atoms with Gasteiger partial charge >= 0.3 is 0 Å². The van der Waals surface area contributed by atoms with Gasteiger partial charge < -0.3 is 10.5 Å². The van der Waals surface area contributed by atoms with E-state index in [9.17, 15) is 0 Å². The zero-order chi connectivity index (χ0) is 9.42. The molecule has 0 amide bonds. The third-order valence-corrected chi connectivity index (χ3v) is 3.25. The highest BCUT2D eigenvalue weighted by molar-refractivity contribution is 9.10. The quantitative estimate of drug-likeness (QED) is 0.820. The van der Waals surface area contributed by atoms with Crippen molar-refractivity contribution in [1.29, 1.82) is 0 Å². The van der Waals surface area contributed by atoms with E-state index in [1.54, 1.807) is 7.11 Å². The summed E-state index contributed by atoms with van der Waals surface area (Å²) in [5, 5.41) is 0. The van der Waals surface area contributed by atoms with E-state index in [1.807, 2.05) is 12.1 Å². The molecule has 1 aromatic rings. The van der Waals surface area contributed by atoms with Crippen LogP contribution in [-0.4, -0.2) is 7.11 Å². The van der Waals surface area contributed by atoms with Crippen LogP contribution in [0, 0.1) is 0 Å². The minimum absolute atomic E-state index is 0.166. The number of rotatable bonds is 1. The number of benzene rings is 1. The molecule has 0 bridgehead atoms. The van der Waals surface area contributed by atoms with Crippen molar-refractivity contribution in [3.05, 3.63) is 27.7 Å². The van der Waals surface area contributed by atoms with Crippen molar-refractivity contribution in [2.75, 3.05) is 7.11 Å². The molecule has 0 fully saturated rings. The van der Waals surface area contributed by atoms with E-state index in [0.29, 0.717) is 0 Å². The van der Waals surface area contributed by atoms with E-state index >= 15 is 0 Å². The molecule has 1 aliphatic rings. The van der Waals surface area contributed by atoms with Crippen LogP contribution in [0.2, 0.25) is 0 Å². The maximum Gasteiger partial charge on any atom is 0.122 e. The van der Waals surface area contributed by atoms with Gasteiger partial charge in [-0.05, 0) is 30.5 Å². The fraction of sp³-hybridized carbons (Fsp3) is 0.400. The molecule has 0 saturated carbocycles. The maximum atomic E-state index is 5.99. The number of ether oxygens (including phenoxy) is 1. The van der Waals surface area contributed by atoms with Crippen molar-refractivity contribution in [3.63, 3.8) is 0 Å². The summed E-state index contributed by atoms with van der Waals surface area (Å²) in [7, 11) is 1.70. The molecule has 70 valence electrons. The van der Waals surface area contributed by atoms with Crippen LogP contribution >= 0.6 is 15.9 Å². The minimum atomic E-state index is 0.166. The van der Waals surface area contributed by atoms with Crippen LogP contribution in [0.15, 0.2) is 16.6 Å². The summed E-state index contributed by atoms with van der Waals surface area (Å²) in [6, 6.07) is 4.16. The molecule has 1 aromatic carbocycles. The molecule has 0 saturated heterocycles. The van der Waals surface area contributed by atoms with E-state index in [1.165, 1.54) is 11.1 Å². The molecular weight excluding hydrogens is 230 g/mol. The Labute approximate surface area is 86.2 Å². The number of hydrogen-bond donors (Lipinski definition) is 1. The van der Waals surface area contributed by atoms with Gasteiger partial charge in [0.05, 0.1) is 7.11 Å². The SMILES string of the molecule is COc1ccc(Br)c2c1CCC2N. The summed E-state index contributed by atoms with van der Waals surface area (Å²) in [6.07, 6.45) is 2.05. The first-order valence-electron chi connectivity index (χ1n) is 4.35. The lowest BCUT2D eigenvalue weighted by Crippen LogP contribution is -2.06. The highest BCUT2D eigenvalue weighted by atomic mass is 79.9. The van der Waals surface area contributed by atoms with Crippen molar-refractivity contribution >= 4 is 15.9 Å². The van der Waals surface area contributed by atoms with E-state index in [4.69, 9.17) is 10.5 Å². The van der Waals surface area contributed by atoms with Gasteiger partial charge in [-0.25, -0.2) is 0 Å². The molecule has 0 spiro atoms. The molecule has 0 aliphatic heterocycles. The van der Waals surface area contributed by atoms with Gasteiger partial charge in [0.15, 0.2) is 0 Å². The van der Waals surface area contributed by atoms with Crippen molar-refractivity contribution in [3.8, 4) is 5.75 Å². The Morgan fingerprint density at radius 2 is 2.31 bits per heavy atom. The van der Waals surface area contributed by atoms with E-state index in [0.717, 1.165) is 23.1 Å². The Hall–Kier alpha value is -0.540. The van der Waals surface area contributed by atoms with Crippen LogP contribution in [0.4, 0.5) is 0 Å². The Balaban J connectivity index is 2.59. The second kappa shape index (κ2) is 3.31. The molecule has 0 aromatic heterocycles. The monoisotopic (exact) mass is 241 g/mol. The van der Waals surface area contributed by atoms with Gasteiger partial charge in [-0.2, -0.15) is 0 Å². The van der Waals surface area contributed by atoms with Crippen LogP contribution in [0.1, 0.15) is 23.6 Å². The number of methoxy groups -OCH3 is 1. The first-order valence-corrected chi connectivity index (χ1v) is 5.14. The van der Waals surface area contributed by atoms with Crippen LogP contribution < -0.4 is 10.5 Å². The van der Waals surface area contributed by atoms with Crippen molar-refractivity contribution in [1.82, 2.24) is 0 Å². The Bertz CT molecular complexity index is 338. The minimum Gasteiger partial charge on any atom is -0.496 e. The van der Waals surface area contributed by atoms with Crippen molar-refractivity contribution in [2.45, 2.75) is 18.9 Å². The van der Waals surface area contributed by atoms with Crippen molar-refractivity contribution < 1.29 is 4.74 Å². The summed E-state index contributed by atoms with van der Waals surface area (Å²) >= 11 is 3.52. The summed E-state index contributed by atoms with van der Waals surface area (Å²) in [4.78, 5) is 0. The highest BCUT2D eigenvalue weighted by Crippen LogP contribution is 2.40. The van der Waals surface area contributed by atoms with Crippen LogP contribution in [0.3, 0.4) is 0 Å². The molecule has 1 aliphatic carbocycles. The lowest BCUT2D eigenvalue weighted by Gasteiger charge is -2.10. The molecule has 0 radical (unpaired) electrons. The normalized spacial score (nSPS) is 20.1. The Morgan fingerprint density at radius 3 is 3.00 bits per heavy atom. The average Bonchev–Trinajstić information content (AvgIpc) is 2.50. The molecule has 0 heterocycles. The third kappa shape index (κ3) is 1.36. The molecule has 13 heavy (non-hydrogen) atoms. The first-order chi connectivity index (χ1) is 6.24. The van der Waals surface area contributed by atoms with Crippen LogP contribution in [0.25, 0.3) is 0 Å². The lowest BCUT2D eigenvalue weighted by atomic mass is 10.1. The van der Waals surface area contributed by atoms with Crippen LogP contribution in [-0.2, 0) is 6.42 Å². The Kier molecular flexibility index (Phi) is 2.30. The molecule has 3 heteroatoms. The first kappa shape index (κ1) is 9.03. The van der Waals surface area contributed by atoms with Gasteiger partial charge in [-0.1, -0.05) is 15.9 Å². The standard InChI is InChI=1S/C10H12BrNO/c1-13-9-5-3-7(11)10-6(9)2-4-8(10)12/h3,5,8H,2,4,12H2,1H3.